The fourth-order valence-corrected chi connectivity index (χ4v) is 5.18. The molecule has 12 nitrogen and oxygen atoms in total. The molecule has 0 aliphatic rings. The van der Waals surface area contributed by atoms with Crippen molar-refractivity contribution in [3.05, 3.63) is 110 Å². The van der Waals surface area contributed by atoms with Gasteiger partial charge in [-0.2, -0.15) is 5.26 Å². The summed E-state index contributed by atoms with van der Waals surface area (Å²) >= 11 is 0. The number of carbonyl (C=O) groups excluding carboxylic acids is 2. The number of ether oxygens (including phenoxy) is 3. The number of aryl methyl sites for hydroxylation is 1. The van der Waals surface area contributed by atoms with E-state index >= 15 is 0 Å². The molecular weight excluding hydrogens is 590 g/mol. The second-order valence-electron chi connectivity index (χ2n) is 10.3. The van der Waals surface area contributed by atoms with Crippen LogP contribution in [0.5, 0.6) is 17.2 Å². The lowest BCUT2D eigenvalue weighted by molar-refractivity contribution is 0.0966. The first-order chi connectivity index (χ1) is 22.1. The van der Waals surface area contributed by atoms with Crippen molar-refractivity contribution in [1.82, 2.24) is 14.1 Å². The van der Waals surface area contributed by atoms with Crippen molar-refractivity contribution in [2.24, 2.45) is 7.05 Å². The summed E-state index contributed by atoms with van der Waals surface area (Å²) in [6, 6.07) is 19.9. The van der Waals surface area contributed by atoms with Crippen molar-refractivity contribution in [2.45, 2.75) is 13.0 Å². The molecule has 0 amide bonds. The summed E-state index contributed by atoms with van der Waals surface area (Å²) in [6.45, 7) is -0.560. The molecule has 5 rings (SSSR count). The lowest BCUT2D eigenvalue weighted by Crippen LogP contribution is -2.41. The highest BCUT2D eigenvalue weighted by Gasteiger charge is 2.24. The van der Waals surface area contributed by atoms with Gasteiger partial charge in [0, 0.05) is 35.7 Å². The Morgan fingerprint density at radius 3 is 2.00 bits per heavy atom. The molecule has 0 radical (unpaired) electrons. The molecule has 12 heteroatoms. The number of Topliss-reactive ketones (excluding diaryl/α,β-unsaturated/α-hetero) is 2. The number of nitrogens with two attached hydrogens (primary N) is 1. The second kappa shape index (κ2) is 12.8. The summed E-state index contributed by atoms with van der Waals surface area (Å²) in [5.41, 5.74) is 6.19. The maximum absolute atomic E-state index is 14.0. The van der Waals surface area contributed by atoms with Gasteiger partial charge in [0.05, 0.1) is 33.3 Å². The highest BCUT2D eigenvalue weighted by molar-refractivity contribution is 6.00. The van der Waals surface area contributed by atoms with E-state index in [4.69, 9.17) is 19.9 Å². The Bertz CT molecular complexity index is 2160. The van der Waals surface area contributed by atoms with Gasteiger partial charge in [-0.15, -0.1) is 0 Å². The van der Waals surface area contributed by atoms with Gasteiger partial charge in [-0.3, -0.25) is 23.5 Å². The number of pyridine rings is 1. The van der Waals surface area contributed by atoms with Crippen LogP contribution in [0.1, 0.15) is 31.8 Å². The minimum Gasteiger partial charge on any atom is -0.497 e. The average Bonchev–Trinajstić information content (AvgIpc) is 3.08. The summed E-state index contributed by atoms with van der Waals surface area (Å²) < 4.78 is 17.8. The van der Waals surface area contributed by atoms with Crippen molar-refractivity contribution in [3.63, 3.8) is 0 Å². The zero-order valence-electron chi connectivity index (χ0n) is 25.5. The number of nitriles is 1. The van der Waals surface area contributed by atoms with Crippen LogP contribution in [0.3, 0.4) is 0 Å². The zero-order valence-corrected chi connectivity index (χ0v) is 25.5. The zero-order chi connectivity index (χ0) is 33.1. The van der Waals surface area contributed by atoms with Crippen molar-refractivity contribution < 1.29 is 23.8 Å². The third-order valence-corrected chi connectivity index (χ3v) is 7.66. The number of rotatable bonds is 10. The molecule has 0 saturated heterocycles. The molecule has 0 saturated carbocycles. The number of hydrogen-bond donors (Lipinski definition) is 1. The van der Waals surface area contributed by atoms with Gasteiger partial charge in [-0.1, -0.05) is 12.1 Å². The third kappa shape index (κ3) is 5.69. The molecular formula is C34H29N5O7. The summed E-state index contributed by atoms with van der Waals surface area (Å²) in [4.78, 5) is 57.8. The normalized spacial score (nSPS) is 10.8. The van der Waals surface area contributed by atoms with E-state index in [1.807, 2.05) is 6.07 Å². The summed E-state index contributed by atoms with van der Waals surface area (Å²) in [6.07, 6.45) is 0.00883. The molecule has 232 valence electrons. The fraction of sp³-hybridized carbons (Fsp3) is 0.176. The maximum atomic E-state index is 14.0. The smallest absolute Gasteiger partial charge is 0.332 e. The van der Waals surface area contributed by atoms with E-state index in [0.29, 0.717) is 33.9 Å². The van der Waals surface area contributed by atoms with E-state index in [0.717, 1.165) is 9.13 Å². The van der Waals surface area contributed by atoms with Gasteiger partial charge >= 0.3 is 5.69 Å². The molecule has 5 aromatic rings. The molecule has 0 aliphatic heterocycles. The number of carbonyl (C=O) groups is 2. The van der Waals surface area contributed by atoms with Crippen LogP contribution in [0.2, 0.25) is 0 Å². The van der Waals surface area contributed by atoms with E-state index < -0.39 is 23.6 Å². The molecule has 2 aromatic heterocycles. The fourth-order valence-electron chi connectivity index (χ4n) is 5.18. The molecule has 2 heterocycles. The first-order valence-electron chi connectivity index (χ1n) is 14.0. The molecule has 0 spiro atoms. The number of benzene rings is 3. The molecule has 0 bridgehead atoms. The van der Waals surface area contributed by atoms with Crippen LogP contribution in [0.15, 0.2) is 76.3 Å². The van der Waals surface area contributed by atoms with Crippen LogP contribution in [0.25, 0.3) is 22.2 Å². The minimum atomic E-state index is -0.823. The Hall–Kier alpha value is -6.22. The quantitative estimate of drug-likeness (QED) is 0.228. The van der Waals surface area contributed by atoms with Gasteiger partial charge in [0.25, 0.3) is 5.56 Å². The van der Waals surface area contributed by atoms with Crippen LogP contribution < -0.4 is 31.2 Å². The Labute approximate surface area is 262 Å². The predicted molar refractivity (Wildman–Crippen MR) is 171 cm³/mol. The number of nitrogens with zero attached hydrogens (tertiary/aromatic N) is 4. The van der Waals surface area contributed by atoms with Gasteiger partial charge in [-0.25, -0.2) is 9.78 Å². The molecule has 3 aromatic carbocycles. The van der Waals surface area contributed by atoms with E-state index in [1.165, 1.54) is 40.5 Å². The third-order valence-electron chi connectivity index (χ3n) is 7.66. The van der Waals surface area contributed by atoms with Gasteiger partial charge in [-0.05, 0) is 60.2 Å². The number of aromatic nitrogens is 3. The number of methoxy groups -OCH3 is 3. The van der Waals surface area contributed by atoms with E-state index in [2.05, 4.69) is 4.98 Å². The lowest BCUT2D eigenvalue weighted by Gasteiger charge is -2.16. The minimum absolute atomic E-state index is 0.00883. The molecule has 0 fully saturated rings. The number of hydrogen-bond acceptors (Lipinski definition) is 10. The largest absolute Gasteiger partial charge is 0.497 e. The number of nitrogen functional groups attached to an aromatic ring is 1. The Morgan fingerprint density at radius 2 is 1.46 bits per heavy atom. The van der Waals surface area contributed by atoms with Gasteiger partial charge in [0.1, 0.15) is 34.7 Å². The summed E-state index contributed by atoms with van der Waals surface area (Å²) in [5, 5.41) is 10.0. The first-order valence-corrected chi connectivity index (χ1v) is 14.0. The number of anilines is 1. The van der Waals surface area contributed by atoms with Gasteiger partial charge < -0.3 is 19.9 Å². The molecule has 0 aliphatic carbocycles. The maximum Gasteiger partial charge on any atom is 0.332 e. The Morgan fingerprint density at radius 1 is 0.870 bits per heavy atom. The van der Waals surface area contributed by atoms with Crippen molar-refractivity contribution in [2.75, 3.05) is 27.1 Å². The van der Waals surface area contributed by atoms with Crippen LogP contribution in [-0.4, -0.2) is 47.0 Å². The Balaban J connectivity index is 1.63. The van der Waals surface area contributed by atoms with E-state index in [1.54, 1.807) is 54.6 Å². The first kappa shape index (κ1) is 31.2. The molecule has 0 unspecified atom stereocenters. The van der Waals surface area contributed by atoms with Gasteiger partial charge in [0.15, 0.2) is 17.2 Å². The molecule has 46 heavy (non-hydrogen) atoms. The molecule has 2 N–H and O–H groups in total. The summed E-state index contributed by atoms with van der Waals surface area (Å²) in [5.74, 6) is 0.649. The monoisotopic (exact) mass is 619 g/mol. The van der Waals surface area contributed by atoms with Crippen molar-refractivity contribution in [1.29, 1.82) is 5.26 Å². The number of ketones is 2. The van der Waals surface area contributed by atoms with Crippen LogP contribution in [0.4, 0.5) is 5.82 Å². The lowest BCUT2D eigenvalue weighted by atomic mass is 9.94. The van der Waals surface area contributed by atoms with E-state index in [9.17, 15) is 24.4 Å². The average molecular weight is 620 g/mol. The summed E-state index contributed by atoms with van der Waals surface area (Å²) in [7, 11) is 5.87. The Kier molecular flexibility index (Phi) is 8.68. The van der Waals surface area contributed by atoms with Crippen LogP contribution >= 0.6 is 0 Å². The van der Waals surface area contributed by atoms with Crippen molar-refractivity contribution >= 4 is 28.4 Å². The second-order valence-corrected chi connectivity index (χ2v) is 10.3. The number of fused-ring (bicyclic) bond motifs is 1. The highest BCUT2D eigenvalue weighted by Crippen LogP contribution is 2.35. The SMILES string of the molecule is COc1ccc(C(=O)Cc2ccc(-c3c(C#N)c(N)nc4c3c(=O)n(CC(=O)c3ccc(OC)cc3)c(=O)n4C)cc2OC)cc1. The molecule has 0 atom stereocenters. The van der Waals surface area contributed by atoms with Crippen LogP contribution in [-0.2, 0) is 20.0 Å². The van der Waals surface area contributed by atoms with E-state index in [-0.39, 0.29) is 45.7 Å². The van der Waals surface area contributed by atoms with Gasteiger partial charge in [0.2, 0.25) is 0 Å². The topological polar surface area (TPSA) is 169 Å². The van der Waals surface area contributed by atoms with Crippen molar-refractivity contribution in [3.8, 4) is 34.4 Å². The van der Waals surface area contributed by atoms with Crippen LogP contribution in [0, 0.1) is 11.3 Å². The highest BCUT2D eigenvalue weighted by atomic mass is 16.5. The standard InChI is InChI=1S/C34H29N5O7/c1-38-32-30(33(42)39(34(38)43)18-27(41)20-9-13-24(45-3)14-10-20)29(25(17-35)31(36)37-32)22-6-5-21(28(16-22)46-4)15-26(40)19-7-11-23(44-2)12-8-19/h5-14,16H,15,18H2,1-4H3,(H2,36,37). The predicted octanol–water partition coefficient (Wildman–Crippen LogP) is 3.55.